The van der Waals surface area contributed by atoms with Gasteiger partial charge in [0.25, 0.3) is 0 Å². The largest absolute Gasteiger partial charge is 0.456 e. The van der Waals surface area contributed by atoms with Crippen LogP contribution in [0.5, 0.6) is 0 Å². The number of nitrogens with one attached hydrogen (secondary N) is 2. The van der Waals surface area contributed by atoms with E-state index in [1.54, 1.807) is 18.2 Å². The molecule has 3 unspecified atom stereocenters. The van der Waals surface area contributed by atoms with Crippen LogP contribution in [-0.2, 0) is 28.5 Å². The average Bonchev–Trinajstić information content (AvgIpc) is 3.57. The van der Waals surface area contributed by atoms with Crippen LogP contribution in [0.2, 0.25) is 0 Å². The zero-order valence-corrected chi connectivity index (χ0v) is 22.4. The van der Waals surface area contributed by atoms with E-state index in [1.807, 2.05) is 18.2 Å². The summed E-state index contributed by atoms with van der Waals surface area (Å²) in [5.41, 5.74) is 1.39. The van der Waals surface area contributed by atoms with Gasteiger partial charge in [-0.25, -0.2) is 4.79 Å². The van der Waals surface area contributed by atoms with Gasteiger partial charge in [-0.3, -0.25) is 9.59 Å². The van der Waals surface area contributed by atoms with Crippen LogP contribution in [0.1, 0.15) is 48.5 Å². The van der Waals surface area contributed by atoms with Gasteiger partial charge in [0, 0.05) is 18.5 Å². The number of hydrogen-bond acceptors (Lipinski definition) is 9. The smallest absolute Gasteiger partial charge is 0.339 e. The minimum absolute atomic E-state index is 0.0130. The SMILES string of the molecule is C[C@H](O)[C@@H](NC(=O)C1=C[C@H]2OCO[C@H]2[C@H](OC(=O)c2ccccc2C=CC2CCC3OC3C2)C1)C(=O)NCCO. The predicted molar refractivity (Wildman–Crippen MR) is 142 cm³/mol. The van der Waals surface area contributed by atoms with Crippen molar-refractivity contribution in [3.8, 4) is 0 Å². The van der Waals surface area contributed by atoms with E-state index >= 15 is 0 Å². The van der Waals surface area contributed by atoms with E-state index in [1.165, 1.54) is 6.92 Å². The molecule has 2 saturated heterocycles. The van der Waals surface area contributed by atoms with Crippen molar-refractivity contribution in [2.75, 3.05) is 19.9 Å². The second-order valence-electron chi connectivity index (χ2n) is 10.7. The summed E-state index contributed by atoms with van der Waals surface area (Å²) in [6.07, 6.45) is 6.43. The van der Waals surface area contributed by atoms with Crippen molar-refractivity contribution in [3.63, 3.8) is 0 Å². The molecule has 5 rings (SSSR count). The van der Waals surface area contributed by atoms with Crippen molar-refractivity contribution in [1.29, 1.82) is 0 Å². The molecule has 11 heteroatoms. The van der Waals surface area contributed by atoms with E-state index in [0.29, 0.717) is 23.7 Å². The first-order valence-corrected chi connectivity index (χ1v) is 13.8. The number of epoxide rings is 1. The van der Waals surface area contributed by atoms with Crippen molar-refractivity contribution in [1.82, 2.24) is 10.6 Å². The third kappa shape index (κ3) is 6.61. The highest BCUT2D eigenvalue weighted by molar-refractivity contribution is 5.98. The number of amides is 2. The molecule has 0 bridgehead atoms. The number of benzene rings is 1. The lowest BCUT2D eigenvalue weighted by Crippen LogP contribution is -2.54. The molecule has 2 aliphatic carbocycles. The number of ether oxygens (including phenoxy) is 4. The first-order chi connectivity index (χ1) is 19.3. The highest BCUT2D eigenvalue weighted by atomic mass is 16.7. The van der Waals surface area contributed by atoms with Crippen molar-refractivity contribution >= 4 is 23.9 Å². The van der Waals surface area contributed by atoms with Gasteiger partial charge in [0.15, 0.2) is 0 Å². The zero-order chi connectivity index (χ0) is 28.2. The van der Waals surface area contributed by atoms with Crippen LogP contribution in [-0.4, -0.2) is 90.6 Å². The molecule has 4 N–H and O–H groups in total. The number of allylic oxidation sites excluding steroid dienone is 1. The molecule has 0 aromatic heterocycles. The van der Waals surface area contributed by atoms with E-state index in [4.69, 9.17) is 24.1 Å². The first-order valence-electron chi connectivity index (χ1n) is 13.8. The molecule has 4 aliphatic rings. The van der Waals surface area contributed by atoms with Gasteiger partial charge < -0.3 is 39.8 Å². The molecule has 40 heavy (non-hydrogen) atoms. The summed E-state index contributed by atoms with van der Waals surface area (Å²) < 4.78 is 22.8. The maximum atomic E-state index is 13.4. The topological polar surface area (TPSA) is 156 Å². The number of aliphatic hydroxyl groups excluding tert-OH is 2. The molecule has 11 nitrogen and oxygen atoms in total. The van der Waals surface area contributed by atoms with Crippen LogP contribution >= 0.6 is 0 Å². The maximum absolute atomic E-state index is 13.4. The van der Waals surface area contributed by atoms with Crippen molar-refractivity contribution in [2.45, 2.75) is 75.3 Å². The lowest BCUT2D eigenvalue weighted by atomic mass is 9.88. The standard InChI is InChI=1S/C29H36N2O9/c1-16(33)25(28(35)30-10-11-32)31-27(34)19-13-23-26(38-15-37-23)24(14-19)40-29(36)20-5-3-2-4-18(20)8-6-17-7-9-21-22(12-17)39-21/h2-6,8,13,16-17,21-26,32-33H,7,9-12,14-15H2,1H3,(H,30,35)(H,31,34)/t16-,17?,21?,22?,23+,24+,25+,26+/m0/s1. The Labute approximate surface area is 232 Å². The molecule has 216 valence electrons. The molecule has 2 aliphatic heterocycles. The van der Waals surface area contributed by atoms with Crippen molar-refractivity contribution in [3.05, 3.63) is 53.1 Å². The Morgan fingerprint density at radius 3 is 2.77 bits per heavy atom. The van der Waals surface area contributed by atoms with Crippen LogP contribution in [0.4, 0.5) is 0 Å². The Morgan fingerprint density at radius 1 is 1.18 bits per heavy atom. The Bertz CT molecular complexity index is 1170. The zero-order valence-electron chi connectivity index (χ0n) is 22.4. The van der Waals surface area contributed by atoms with E-state index < -0.39 is 48.2 Å². The quantitative estimate of drug-likeness (QED) is 0.242. The van der Waals surface area contributed by atoms with Gasteiger partial charge in [-0.15, -0.1) is 0 Å². The molecule has 0 spiro atoms. The molecular weight excluding hydrogens is 520 g/mol. The van der Waals surface area contributed by atoms with E-state index in [2.05, 4.69) is 16.7 Å². The number of esters is 1. The molecule has 1 aromatic carbocycles. The lowest BCUT2D eigenvalue weighted by molar-refractivity contribution is -0.130. The lowest BCUT2D eigenvalue weighted by Gasteiger charge is -2.31. The molecule has 2 heterocycles. The van der Waals surface area contributed by atoms with E-state index in [9.17, 15) is 19.5 Å². The Morgan fingerprint density at radius 2 is 2.00 bits per heavy atom. The number of fused-ring (bicyclic) bond motifs is 2. The summed E-state index contributed by atoms with van der Waals surface area (Å²) in [6.45, 7) is 1.07. The molecule has 1 saturated carbocycles. The Kier molecular flexibility index (Phi) is 8.97. The van der Waals surface area contributed by atoms with Crippen molar-refractivity contribution in [2.24, 2.45) is 5.92 Å². The minimum atomic E-state index is -1.24. The molecule has 8 atom stereocenters. The first kappa shape index (κ1) is 28.4. The monoisotopic (exact) mass is 556 g/mol. The summed E-state index contributed by atoms with van der Waals surface area (Å²) in [5, 5.41) is 24.0. The molecule has 0 radical (unpaired) electrons. The fourth-order valence-electron chi connectivity index (χ4n) is 5.53. The number of aliphatic hydroxyl groups is 2. The minimum Gasteiger partial charge on any atom is -0.456 e. The predicted octanol–water partition coefficient (Wildman–Crippen LogP) is 0.838. The third-order valence-electron chi connectivity index (χ3n) is 7.78. The molecular formula is C29H36N2O9. The van der Waals surface area contributed by atoms with Crippen LogP contribution in [0.15, 0.2) is 42.0 Å². The number of rotatable bonds is 10. The van der Waals surface area contributed by atoms with Crippen molar-refractivity contribution < 1.29 is 43.5 Å². The van der Waals surface area contributed by atoms with Gasteiger partial charge in [0.05, 0.1) is 30.5 Å². The average molecular weight is 557 g/mol. The van der Waals surface area contributed by atoms with Crippen LogP contribution in [0.3, 0.4) is 0 Å². The van der Waals surface area contributed by atoms with E-state index in [-0.39, 0.29) is 31.9 Å². The van der Waals surface area contributed by atoms with Crippen LogP contribution in [0, 0.1) is 5.92 Å². The van der Waals surface area contributed by atoms with Gasteiger partial charge in [-0.1, -0.05) is 30.4 Å². The van der Waals surface area contributed by atoms with Gasteiger partial charge in [-0.05, 0) is 49.8 Å². The molecule has 2 amide bonds. The summed E-state index contributed by atoms with van der Waals surface area (Å²) in [4.78, 5) is 38.9. The third-order valence-corrected chi connectivity index (χ3v) is 7.78. The second kappa shape index (κ2) is 12.6. The Hall–Kier alpha value is -3.09. The Balaban J connectivity index is 1.26. The summed E-state index contributed by atoms with van der Waals surface area (Å²) in [7, 11) is 0. The summed E-state index contributed by atoms with van der Waals surface area (Å²) >= 11 is 0. The van der Waals surface area contributed by atoms with E-state index in [0.717, 1.165) is 24.8 Å². The highest BCUT2D eigenvalue weighted by Crippen LogP contribution is 2.40. The van der Waals surface area contributed by atoms with Gasteiger partial charge in [0.1, 0.15) is 31.1 Å². The maximum Gasteiger partial charge on any atom is 0.339 e. The number of carbonyl (C=O) groups is 3. The van der Waals surface area contributed by atoms with Gasteiger partial charge >= 0.3 is 5.97 Å². The number of hydrogen-bond donors (Lipinski definition) is 4. The number of carbonyl (C=O) groups excluding carboxylic acids is 3. The molecule has 1 aromatic rings. The summed E-state index contributed by atoms with van der Waals surface area (Å²) in [6, 6.07) is 5.97. The van der Waals surface area contributed by atoms with Gasteiger partial charge in [-0.2, -0.15) is 0 Å². The highest BCUT2D eigenvalue weighted by Gasteiger charge is 2.44. The van der Waals surface area contributed by atoms with Gasteiger partial charge in [0.2, 0.25) is 11.8 Å². The molecule has 3 fully saturated rings. The second-order valence-corrected chi connectivity index (χ2v) is 10.7. The summed E-state index contributed by atoms with van der Waals surface area (Å²) in [5.74, 6) is -1.37. The fraction of sp³-hybridized carbons (Fsp3) is 0.552. The normalized spacial score (nSPS) is 30.4. The van der Waals surface area contributed by atoms with Crippen LogP contribution < -0.4 is 10.6 Å². The fourth-order valence-corrected chi connectivity index (χ4v) is 5.53. The van der Waals surface area contributed by atoms with Crippen LogP contribution in [0.25, 0.3) is 6.08 Å².